The number of likely N-dealkylation sites (N-methyl/N-ethyl adjacent to an activating group) is 1. The lowest BCUT2D eigenvalue weighted by atomic mass is 10.2. The van der Waals surface area contributed by atoms with Crippen molar-refractivity contribution in [2.45, 2.75) is 19.7 Å². The first-order chi connectivity index (χ1) is 8.43. The van der Waals surface area contributed by atoms with Gasteiger partial charge in [-0.3, -0.25) is 0 Å². The second-order valence-electron chi connectivity index (χ2n) is 4.99. The molecule has 0 saturated heterocycles. The molecule has 3 nitrogen and oxygen atoms in total. The van der Waals surface area contributed by atoms with Crippen molar-refractivity contribution < 1.29 is 0 Å². The Morgan fingerprint density at radius 1 is 1.28 bits per heavy atom. The molecule has 0 amide bonds. The van der Waals surface area contributed by atoms with Gasteiger partial charge < -0.3 is 9.80 Å². The minimum atomic E-state index is 0.430. The largest absolute Gasteiger partial charge is 0.347 e. The van der Waals surface area contributed by atoms with Crippen molar-refractivity contribution in [1.82, 2.24) is 9.88 Å². The lowest BCUT2D eigenvalue weighted by molar-refractivity contribution is 0.409. The van der Waals surface area contributed by atoms with Crippen LogP contribution in [0.5, 0.6) is 0 Å². The summed E-state index contributed by atoms with van der Waals surface area (Å²) in [6.45, 7) is 7.36. The van der Waals surface area contributed by atoms with Gasteiger partial charge in [-0.2, -0.15) is 0 Å². The molecule has 1 aromatic heterocycles. The first kappa shape index (κ1) is 16.0. The van der Waals surface area contributed by atoms with Crippen molar-refractivity contribution in [3.8, 4) is 0 Å². The van der Waals surface area contributed by atoms with Crippen LogP contribution >= 0.6 is 34.5 Å². The maximum Gasteiger partial charge on any atom is 0.187 e. The molecule has 0 spiro atoms. The van der Waals surface area contributed by atoms with E-state index in [4.69, 9.17) is 23.2 Å². The lowest BCUT2D eigenvalue weighted by Gasteiger charge is -2.25. The van der Waals surface area contributed by atoms with E-state index in [0.29, 0.717) is 17.0 Å². The summed E-state index contributed by atoms with van der Waals surface area (Å²) in [5.74, 6) is 1.02. The van der Waals surface area contributed by atoms with Gasteiger partial charge in [0.05, 0.1) is 10.8 Å². The Hall–Kier alpha value is -0.0300. The van der Waals surface area contributed by atoms with Crippen molar-refractivity contribution in [3.05, 3.63) is 10.0 Å². The molecule has 0 fully saturated rings. The van der Waals surface area contributed by atoms with Crippen LogP contribution in [0.15, 0.2) is 0 Å². The van der Waals surface area contributed by atoms with E-state index >= 15 is 0 Å². The molecule has 18 heavy (non-hydrogen) atoms. The standard InChI is InChI=1S/C12H21Cl2N3S/c1-9(2)8-17(6-5-16(3)4)12-15-11(14)10(7-13)18-12/h9H,5-8H2,1-4H3. The van der Waals surface area contributed by atoms with Crippen molar-refractivity contribution >= 4 is 39.7 Å². The fourth-order valence-electron chi connectivity index (χ4n) is 1.57. The summed E-state index contributed by atoms with van der Waals surface area (Å²) in [5, 5.41) is 1.52. The monoisotopic (exact) mass is 309 g/mol. The molecular weight excluding hydrogens is 289 g/mol. The van der Waals surface area contributed by atoms with Crippen LogP contribution in [0.2, 0.25) is 5.15 Å². The SMILES string of the molecule is CC(C)CN(CCN(C)C)c1nc(Cl)c(CCl)s1. The maximum atomic E-state index is 6.07. The third-order valence-electron chi connectivity index (χ3n) is 2.43. The summed E-state index contributed by atoms with van der Waals surface area (Å²) in [7, 11) is 4.15. The Balaban J connectivity index is 2.79. The summed E-state index contributed by atoms with van der Waals surface area (Å²) < 4.78 is 0. The smallest absolute Gasteiger partial charge is 0.187 e. The van der Waals surface area contributed by atoms with E-state index in [1.54, 1.807) is 11.3 Å². The van der Waals surface area contributed by atoms with Gasteiger partial charge in [0.1, 0.15) is 5.15 Å². The molecule has 0 aromatic carbocycles. The molecule has 1 aromatic rings. The molecule has 0 saturated carbocycles. The van der Waals surface area contributed by atoms with E-state index in [2.05, 4.69) is 42.7 Å². The van der Waals surface area contributed by atoms with Crippen LogP contribution < -0.4 is 4.90 Å². The first-order valence-corrected chi connectivity index (χ1v) is 7.77. The highest BCUT2D eigenvalue weighted by atomic mass is 35.5. The molecule has 0 unspecified atom stereocenters. The summed E-state index contributed by atoms with van der Waals surface area (Å²) in [6, 6.07) is 0. The van der Waals surface area contributed by atoms with Gasteiger partial charge in [0, 0.05) is 19.6 Å². The Bertz CT molecular complexity index is 366. The van der Waals surface area contributed by atoms with Crippen LogP contribution in [0.1, 0.15) is 18.7 Å². The number of thiazole rings is 1. The van der Waals surface area contributed by atoms with E-state index in [0.717, 1.165) is 29.6 Å². The van der Waals surface area contributed by atoms with Crippen LogP contribution in [-0.2, 0) is 5.88 Å². The van der Waals surface area contributed by atoms with Gasteiger partial charge >= 0.3 is 0 Å². The van der Waals surface area contributed by atoms with Gasteiger partial charge in [-0.1, -0.05) is 36.8 Å². The fraction of sp³-hybridized carbons (Fsp3) is 0.750. The lowest BCUT2D eigenvalue weighted by Crippen LogP contribution is -2.34. The van der Waals surface area contributed by atoms with Crippen LogP contribution in [0.4, 0.5) is 5.13 Å². The molecule has 104 valence electrons. The number of halogens is 2. The van der Waals surface area contributed by atoms with Gasteiger partial charge in [0.15, 0.2) is 5.13 Å². The second-order valence-corrected chi connectivity index (χ2v) is 6.67. The average molecular weight is 310 g/mol. The highest BCUT2D eigenvalue weighted by molar-refractivity contribution is 7.16. The van der Waals surface area contributed by atoms with E-state index in [9.17, 15) is 0 Å². The second kappa shape index (κ2) is 7.53. The quantitative estimate of drug-likeness (QED) is 0.718. The van der Waals surface area contributed by atoms with E-state index < -0.39 is 0 Å². The molecule has 0 atom stereocenters. The van der Waals surface area contributed by atoms with Gasteiger partial charge in [0.25, 0.3) is 0 Å². The highest BCUT2D eigenvalue weighted by Gasteiger charge is 2.16. The summed E-state index contributed by atoms with van der Waals surface area (Å²) >= 11 is 13.5. The minimum absolute atomic E-state index is 0.430. The summed E-state index contributed by atoms with van der Waals surface area (Å²) in [4.78, 5) is 9.83. The number of rotatable bonds is 7. The summed E-state index contributed by atoms with van der Waals surface area (Å²) in [5.41, 5.74) is 0. The van der Waals surface area contributed by atoms with Crippen molar-refractivity contribution in [1.29, 1.82) is 0 Å². The molecule has 0 radical (unpaired) electrons. The molecule has 0 bridgehead atoms. The van der Waals surface area contributed by atoms with Crippen molar-refractivity contribution in [3.63, 3.8) is 0 Å². The number of hydrogen-bond acceptors (Lipinski definition) is 4. The normalized spacial score (nSPS) is 11.6. The van der Waals surface area contributed by atoms with Crippen LogP contribution in [0.25, 0.3) is 0 Å². The highest BCUT2D eigenvalue weighted by Crippen LogP contribution is 2.31. The molecule has 6 heteroatoms. The Labute approximate surface area is 124 Å². The van der Waals surface area contributed by atoms with Crippen molar-refractivity contribution in [2.75, 3.05) is 38.6 Å². The Morgan fingerprint density at radius 2 is 1.94 bits per heavy atom. The number of nitrogens with zero attached hydrogens (tertiary/aromatic N) is 3. The molecule has 0 N–H and O–H groups in total. The molecular formula is C12H21Cl2N3S. The fourth-order valence-corrected chi connectivity index (χ4v) is 3.07. The van der Waals surface area contributed by atoms with Crippen LogP contribution in [0.3, 0.4) is 0 Å². The zero-order valence-corrected chi connectivity index (χ0v) is 13.7. The Kier molecular flexibility index (Phi) is 6.71. The molecule has 0 aliphatic heterocycles. The third-order valence-corrected chi connectivity index (χ3v) is 4.40. The number of anilines is 1. The first-order valence-electron chi connectivity index (χ1n) is 6.04. The van der Waals surface area contributed by atoms with Crippen LogP contribution in [0, 0.1) is 5.92 Å². The predicted molar refractivity (Wildman–Crippen MR) is 82.3 cm³/mol. The van der Waals surface area contributed by atoms with Gasteiger partial charge in [0.2, 0.25) is 0 Å². The topological polar surface area (TPSA) is 19.4 Å². The number of alkyl halides is 1. The predicted octanol–water partition coefficient (Wildman–Crippen LogP) is 3.56. The van der Waals surface area contributed by atoms with Gasteiger partial charge in [-0.25, -0.2) is 4.98 Å². The number of hydrogen-bond donors (Lipinski definition) is 0. The maximum absolute atomic E-state index is 6.07. The average Bonchev–Trinajstić information content (AvgIpc) is 2.65. The molecule has 0 aliphatic carbocycles. The minimum Gasteiger partial charge on any atom is -0.347 e. The molecule has 1 rings (SSSR count). The van der Waals surface area contributed by atoms with Gasteiger partial charge in [-0.05, 0) is 20.0 Å². The molecule has 1 heterocycles. The molecule has 0 aliphatic rings. The summed E-state index contributed by atoms with van der Waals surface area (Å²) in [6.07, 6.45) is 0. The number of aromatic nitrogens is 1. The van der Waals surface area contributed by atoms with E-state index in [1.807, 2.05) is 0 Å². The Morgan fingerprint density at radius 3 is 2.39 bits per heavy atom. The van der Waals surface area contributed by atoms with E-state index in [1.165, 1.54) is 0 Å². The zero-order chi connectivity index (χ0) is 13.7. The zero-order valence-electron chi connectivity index (χ0n) is 11.4. The van der Waals surface area contributed by atoms with Crippen molar-refractivity contribution in [2.24, 2.45) is 5.92 Å². The third kappa shape index (κ3) is 4.92. The van der Waals surface area contributed by atoms with Gasteiger partial charge in [-0.15, -0.1) is 11.6 Å². The van der Waals surface area contributed by atoms with Crippen LogP contribution in [-0.4, -0.2) is 43.6 Å². The van der Waals surface area contributed by atoms with E-state index in [-0.39, 0.29) is 0 Å².